The smallest absolute Gasteiger partial charge is 0.0930 e. The Morgan fingerprint density at radius 1 is 1.25 bits per heavy atom. The quantitative estimate of drug-likeness (QED) is 0.631. The van der Waals surface area contributed by atoms with Crippen LogP contribution in [-0.2, 0) is 9.47 Å². The summed E-state index contributed by atoms with van der Waals surface area (Å²) >= 11 is 0. The first-order chi connectivity index (χ1) is 5.74. The van der Waals surface area contributed by atoms with Gasteiger partial charge in [0, 0.05) is 13.2 Å². The normalized spacial score (nSPS) is 16.0. The third kappa shape index (κ3) is 5.52. The van der Waals surface area contributed by atoms with Gasteiger partial charge in [0.1, 0.15) is 0 Å². The SMILES string of the molecule is CCOC(CN)COC(C)CC. The molecule has 2 unspecified atom stereocenters. The number of hydrogen-bond acceptors (Lipinski definition) is 3. The summed E-state index contributed by atoms with van der Waals surface area (Å²) in [5.41, 5.74) is 5.48. The zero-order valence-corrected chi connectivity index (χ0v) is 8.38. The molecule has 74 valence electrons. The molecule has 0 aliphatic carbocycles. The first-order valence-corrected chi connectivity index (χ1v) is 4.67. The van der Waals surface area contributed by atoms with Gasteiger partial charge in [0.25, 0.3) is 0 Å². The van der Waals surface area contributed by atoms with Crippen molar-refractivity contribution in [3.05, 3.63) is 0 Å². The summed E-state index contributed by atoms with van der Waals surface area (Å²) in [4.78, 5) is 0. The van der Waals surface area contributed by atoms with Gasteiger partial charge in [0.05, 0.1) is 18.8 Å². The molecule has 0 fully saturated rings. The fourth-order valence-electron chi connectivity index (χ4n) is 0.809. The van der Waals surface area contributed by atoms with E-state index in [1.165, 1.54) is 0 Å². The number of nitrogens with two attached hydrogens (primary N) is 1. The molecule has 0 aliphatic rings. The molecule has 0 bridgehead atoms. The van der Waals surface area contributed by atoms with Gasteiger partial charge in [-0.2, -0.15) is 0 Å². The molecule has 0 aromatic heterocycles. The number of hydrogen-bond donors (Lipinski definition) is 1. The molecule has 0 saturated heterocycles. The van der Waals surface area contributed by atoms with Crippen LogP contribution in [-0.4, -0.2) is 32.0 Å². The molecule has 12 heavy (non-hydrogen) atoms. The molecule has 0 heterocycles. The second kappa shape index (κ2) is 7.53. The summed E-state index contributed by atoms with van der Waals surface area (Å²) in [5.74, 6) is 0. The van der Waals surface area contributed by atoms with Crippen molar-refractivity contribution in [3.8, 4) is 0 Å². The highest BCUT2D eigenvalue weighted by Crippen LogP contribution is 1.99. The van der Waals surface area contributed by atoms with Crippen molar-refractivity contribution in [1.29, 1.82) is 0 Å². The molecule has 2 atom stereocenters. The van der Waals surface area contributed by atoms with Gasteiger partial charge < -0.3 is 15.2 Å². The van der Waals surface area contributed by atoms with Gasteiger partial charge in [-0.3, -0.25) is 0 Å². The molecule has 3 nitrogen and oxygen atoms in total. The molecule has 2 N–H and O–H groups in total. The fraction of sp³-hybridized carbons (Fsp3) is 1.00. The van der Waals surface area contributed by atoms with E-state index >= 15 is 0 Å². The van der Waals surface area contributed by atoms with Crippen molar-refractivity contribution >= 4 is 0 Å². The number of ether oxygens (including phenoxy) is 2. The van der Waals surface area contributed by atoms with Crippen LogP contribution in [0.3, 0.4) is 0 Å². The maximum atomic E-state index is 5.49. The van der Waals surface area contributed by atoms with Gasteiger partial charge in [0.2, 0.25) is 0 Å². The summed E-state index contributed by atoms with van der Waals surface area (Å²) in [6.45, 7) is 7.96. The lowest BCUT2D eigenvalue weighted by molar-refractivity contribution is -0.0323. The van der Waals surface area contributed by atoms with Crippen molar-refractivity contribution in [2.24, 2.45) is 5.73 Å². The van der Waals surface area contributed by atoms with Crippen LogP contribution in [0.15, 0.2) is 0 Å². The maximum absolute atomic E-state index is 5.49. The van der Waals surface area contributed by atoms with E-state index < -0.39 is 0 Å². The van der Waals surface area contributed by atoms with Crippen molar-refractivity contribution in [2.75, 3.05) is 19.8 Å². The Balaban J connectivity index is 3.43. The molecule has 0 aromatic rings. The van der Waals surface area contributed by atoms with E-state index in [4.69, 9.17) is 15.2 Å². The van der Waals surface area contributed by atoms with Crippen LogP contribution < -0.4 is 5.73 Å². The van der Waals surface area contributed by atoms with Crippen LogP contribution in [0, 0.1) is 0 Å². The summed E-state index contributed by atoms with van der Waals surface area (Å²) in [5, 5.41) is 0. The Kier molecular flexibility index (Phi) is 7.45. The summed E-state index contributed by atoms with van der Waals surface area (Å²) < 4.78 is 10.8. The standard InChI is InChI=1S/C9H21NO2/c1-4-8(3)12-7-9(6-10)11-5-2/h8-9H,4-7,10H2,1-3H3. The Morgan fingerprint density at radius 2 is 1.92 bits per heavy atom. The minimum atomic E-state index is 0.0593. The molecule has 0 aromatic carbocycles. The van der Waals surface area contributed by atoms with Crippen LogP contribution >= 0.6 is 0 Å². The maximum Gasteiger partial charge on any atom is 0.0930 e. The highest BCUT2D eigenvalue weighted by molar-refractivity contribution is 4.57. The Bertz CT molecular complexity index is 98.5. The molecule has 0 spiro atoms. The third-order valence-corrected chi connectivity index (χ3v) is 1.81. The van der Waals surface area contributed by atoms with E-state index in [1.807, 2.05) is 6.92 Å². The van der Waals surface area contributed by atoms with E-state index in [9.17, 15) is 0 Å². The van der Waals surface area contributed by atoms with Crippen molar-refractivity contribution < 1.29 is 9.47 Å². The van der Waals surface area contributed by atoms with Crippen molar-refractivity contribution in [1.82, 2.24) is 0 Å². The number of rotatable bonds is 7. The summed E-state index contributed by atoms with van der Waals surface area (Å²) in [6, 6.07) is 0. The van der Waals surface area contributed by atoms with Gasteiger partial charge in [-0.05, 0) is 20.3 Å². The van der Waals surface area contributed by atoms with Crippen LogP contribution in [0.1, 0.15) is 27.2 Å². The van der Waals surface area contributed by atoms with E-state index in [0.29, 0.717) is 25.9 Å². The van der Waals surface area contributed by atoms with Crippen LogP contribution in [0.5, 0.6) is 0 Å². The predicted molar refractivity (Wildman–Crippen MR) is 50.2 cm³/mol. The van der Waals surface area contributed by atoms with Gasteiger partial charge in [0.15, 0.2) is 0 Å². The molecule has 0 radical (unpaired) electrons. The lowest BCUT2D eigenvalue weighted by Gasteiger charge is -2.17. The van der Waals surface area contributed by atoms with Crippen LogP contribution in [0.2, 0.25) is 0 Å². The van der Waals surface area contributed by atoms with Crippen molar-refractivity contribution in [3.63, 3.8) is 0 Å². The zero-order valence-electron chi connectivity index (χ0n) is 8.38. The molecule has 0 saturated carbocycles. The molecule has 3 heteroatoms. The molecule has 0 amide bonds. The highest BCUT2D eigenvalue weighted by atomic mass is 16.5. The largest absolute Gasteiger partial charge is 0.376 e. The summed E-state index contributed by atoms with van der Waals surface area (Å²) in [7, 11) is 0. The zero-order chi connectivity index (χ0) is 9.40. The van der Waals surface area contributed by atoms with Gasteiger partial charge in [-0.25, -0.2) is 0 Å². The molecular weight excluding hydrogens is 154 g/mol. The van der Waals surface area contributed by atoms with Gasteiger partial charge in [-0.1, -0.05) is 6.92 Å². The van der Waals surface area contributed by atoms with E-state index in [0.717, 1.165) is 6.42 Å². The van der Waals surface area contributed by atoms with E-state index in [2.05, 4.69) is 13.8 Å². The van der Waals surface area contributed by atoms with Crippen molar-refractivity contribution in [2.45, 2.75) is 39.4 Å². The second-order valence-corrected chi connectivity index (χ2v) is 2.87. The van der Waals surface area contributed by atoms with Gasteiger partial charge in [-0.15, -0.1) is 0 Å². The first-order valence-electron chi connectivity index (χ1n) is 4.67. The van der Waals surface area contributed by atoms with E-state index in [1.54, 1.807) is 0 Å². The van der Waals surface area contributed by atoms with Crippen LogP contribution in [0.4, 0.5) is 0 Å². The average molecular weight is 175 g/mol. The highest BCUT2D eigenvalue weighted by Gasteiger charge is 2.07. The second-order valence-electron chi connectivity index (χ2n) is 2.87. The minimum absolute atomic E-state index is 0.0593. The molecule has 0 rings (SSSR count). The Labute approximate surface area is 75.2 Å². The molecule has 0 aliphatic heterocycles. The first kappa shape index (κ1) is 11.9. The Hall–Kier alpha value is -0.120. The van der Waals surface area contributed by atoms with E-state index in [-0.39, 0.29) is 6.10 Å². The summed E-state index contributed by atoms with van der Waals surface area (Å²) in [6.07, 6.45) is 1.40. The monoisotopic (exact) mass is 175 g/mol. The topological polar surface area (TPSA) is 44.5 Å². The third-order valence-electron chi connectivity index (χ3n) is 1.81. The molecular formula is C9H21NO2. The fourth-order valence-corrected chi connectivity index (χ4v) is 0.809. The average Bonchev–Trinajstić information content (AvgIpc) is 2.11. The predicted octanol–water partition coefficient (Wildman–Crippen LogP) is 1.17. The minimum Gasteiger partial charge on any atom is -0.376 e. The Morgan fingerprint density at radius 3 is 2.33 bits per heavy atom. The lowest BCUT2D eigenvalue weighted by atomic mass is 10.3. The lowest BCUT2D eigenvalue weighted by Crippen LogP contribution is -2.30. The van der Waals surface area contributed by atoms with Gasteiger partial charge >= 0.3 is 0 Å². The van der Waals surface area contributed by atoms with Crippen LogP contribution in [0.25, 0.3) is 0 Å².